The van der Waals surface area contributed by atoms with E-state index >= 15 is 4.39 Å². The number of carbonyl (C=O) groups is 2. The molecule has 1 saturated carbocycles. The second-order valence-electron chi connectivity index (χ2n) is 19.7. The molecule has 15 nitrogen and oxygen atoms in total. The number of ether oxygens (including phenoxy) is 1. The van der Waals surface area contributed by atoms with Crippen LogP contribution in [-0.2, 0) is 24.8 Å². The Morgan fingerprint density at radius 2 is 1.68 bits per heavy atom. The van der Waals surface area contributed by atoms with Gasteiger partial charge in [-0.15, -0.1) is 0 Å². The van der Waals surface area contributed by atoms with E-state index in [1.807, 2.05) is 24.2 Å². The van der Waals surface area contributed by atoms with Gasteiger partial charge < -0.3 is 30.1 Å². The lowest BCUT2D eigenvalue weighted by Crippen LogP contribution is -2.74. The molecule has 5 aromatic rings. The van der Waals surface area contributed by atoms with Gasteiger partial charge >= 0.3 is 0 Å². The molecule has 66 heavy (non-hydrogen) atoms. The number of amides is 2. The molecule has 0 spiro atoms. The zero-order valence-corrected chi connectivity index (χ0v) is 39.3. The van der Waals surface area contributed by atoms with Crippen LogP contribution >= 0.6 is 11.6 Å². The van der Waals surface area contributed by atoms with Crippen LogP contribution in [0.2, 0.25) is 5.02 Å². The number of aromatic nitrogens is 6. The van der Waals surface area contributed by atoms with Crippen LogP contribution in [-0.4, -0.2) is 103 Å². The second kappa shape index (κ2) is 18.0. The van der Waals surface area contributed by atoms with Crippen molar-refractivity contribution in [1.29, 1.82) is 5.26 Å². The fraction of sp³-hybridized carbons (Fsp3) is 0.490. The maximum Gasteiger partial charge on any atom is 0.254 e. The minimum absolute atomic E-state index is 0.0182. The van der Waals surface area contributed by atoms with Crippen molar-refractivity contribution in [2.45, 2.75) is 91.5 Å². The first-order chi connectivity index (χ1) is 31.6. The van der Waals surface area contributed by atoms with Crippen molar-refractivity contribution < 1.29 is 18.7 Å². The predicted octanol–water partition coefficient (Wildman–Crippen LogP) is 7.55. The van der Waals surface area contributed by atoms with Crippen LogP contribution in [0.1, 0.15) is 93.5 Å². The fourth-order valence-electron chi connectivity index (χ4n) is 11.1. The number of nitrogens with one attached hydrogen (secondary N) is 2. The SMILES string of the molecule is CC(=O)N1CCc2c(c(Nc3ccc(-c4cnn(C)c4)cc3F)nn2C2CCN(CC3CCN(c4ncc(C(=O)NC5C(C)(C)C(Oc6ccc(C#N)c(Cl)c6)C5(C)C)cn4)CC3)CC2)C1. The van der Waals surface area contributed by atoms with E-state index in [2.05, 4.69) is 73.9 Å². The van der Waals surface area contributed by atoms with Gasteiger partial charge in [0.15, 0.2) is 5.82 Å². The third-order valence-electron chi connectivity index (χ3n) is 14.4. The number of nitrogens with zero attached hydrogens (tertiary/aromatic N) is 10. The van der Waals surface area contributed by atoms with Gasteiger partial charge in [-0.1, -0.05) is 45.4 Å². The molecule has 9 rings (SSSR count). The highest BCUT2D eigenvalue weighted by molar-refractivity contribution is 6.31. The van der Waals surface area contributed by atoms with Crippen LogP contribution in [0.3, 0.4) is 0 Å². The Kier molecular flexibility index (Phi) is 12.3. The van der Waals surface area contributed by atoms with Crippen molar-refractivity contribution in [1.82, 2.24) is 44.6 Å². The molecule has 0 atom stereocenters. The molecular formula is C49H58ClFN12O3. The van der Waals surface area contributed by atoms with E-state index in [0.29, 0.717) is 64.8 Å². The van der Waals surface area contributed by atoms with Crippen molar-refractivity contribution in [3.05, 3.63) is 94.4 Å². The first-order valence-electron chi connectivity index (χ1n) is 23.0. The quantitative estimate of drug-likeness (QED) is 0.135. The average Bonchev–Trinajstić information content (AvgIpc) is 3.91. The molecule has 2 N–H and O–H groups in total. The summed E-state index contributed by atoms with van der Waals surface area (Å²) in [6.45, 7) is 15.6. The smallest absolute Gasteiger partial charge is 0.254 e. The van der Waals surface area contributed by atoms with Gasteiger partial charge in [-0.05, 0) is 61.4 Å². The lowest BCUT2D eigenvalue weighted by Gasteiger charge is -2.63. The van der Waals surface area contributed by atoms with Gasteiger partial charge in [-0.25, -0.2) is 14.4 Å². The minimum atomic E-state index is -0.387. The molecule has 4 aliphatic rings. The highest BCUT2D eigenvalue weighted by Gasteiger charge is 2.64. The molecule has 0 bridgehead atoms. The molecule has 346 valence electrons. The van der Waals surface area contributed by atoms with Crippen LogP contribution in [0.5, 0.6) is 5.75 Å². The van der Waals surface area contributed by atoms with Gasteiger partial charge in [0, 0.05) is 118 Å². The van der Waals surface area contributed by atoms with Gasteiger partial charge in [0.2, 0.25) is 11.9 Å². The van der Waals surface area contributed by atoms with Gasteiger partial charge in [0.05, 0.1) is 40.6 Å². The summed E-state index contributed by atoms with van der Waals surface area (Å²) in [5.41, 5.74) is 4.04. The maximum atomic E-state index is 15.5. The maximum absolute atomic E-state index is 15.5. The first kappa shape index (κ1) is 45.1. The topological polar surface area (TPSA) is 162 Å². The zero-order chi connectivity index (χ0) is 46.5. The number of fused-ring (bicyclic) bond motifs is 1. The normalized spacial score (nSPS) is 20.8. The molecule has 1 aliphatic carbocycles. The van der Waals surface area contributed by atoms with Crippen LogP contribution in [0, 0.1) is 33.9 Å². The molecule has 0 unspecified atom stereocenters. The Morgan fingerprint density at radius 1 is 0.955 bits per heavy atom. The molecule has 17 heteroatoms. The lowest BCUT2D eigenvalue weighted by atomic mass is 9.49. The highest BCUT2D eigenvalue weighted by atomic mass is 35.5. The lowest BCUT2D eigenvalue weighted by molar-refractivity contribution is -0.164. The third kappa shape index (κ3) is 8.82. The van der Waals surface area contributed by atoms with Crippen molar-refractivity contribution in [3.8, 4) is 22.9 Å². The number of halogens is 2. The largest absolute Gasteiger partial charge is 0.489 e. The van der Waals surface area contributed by atoms with Crippen LogP contribution in [0.15, 0.2) is 61.2 Å². The average molecular weight is 918 g/mol. The number of piperidine rings is 2. The van der Waals surface area contributed by atoms with Crippen LogP contribution in [0.4, 0.5) is 21.8 Å². The zero-order valence-electron chi connectivity index (χ0n) is 38.5. The number of nitriles is 1. The molecule has 2 amide bonds. The standard InChI is InChI=1S/C49H58ClFN12O3/c1-30(64)62-20-15-42-38(29-62)43(56-41-10-8-32(21-40(41)51)35-26-55-59(6)28-35)58-63(42)36-13-16-60(17-14-36)27-31-11-18-61(19-12-31)47-53-24-34(25-54-47)44(65)57-45-48(2,3)46(49(45,4)5)66-37-9-7-33(23-52)39(50)22-37/h7-10,21-22,24-26,28,31,36,45-46H,11-20,27,29H2,1-6H3,(H,56,58)(H,57,65). The van der Waals surface area contributed by atoms with Crippen LogP contribution in [0.25, 0.3) is 11.1 Å². The monoisotopic (exact) mass is 916 g/mol. The van der Waals surface area contributed by atoms with E-state index in [4.69, 9.17) is 21.4 Å². The van der Waals surface area contributed by atoms with E-state index < -0.39 is 0 Å². The Bertz CT molecular complexity index is 2640. The Labute approximate surface area is 390 Å². The summed E-state index contributed by atoms with van der Waals surface area (Å²) in [6.07, 6.45) is 11.3. The number of benzene rings is 2. The molecule has 2 aromatic carbocycles. The Hall–Kier alpha value is -6.05. The Balaban J connectivity index is 0.763. The van der Waals surface area contributed by atoms with E-state index in [1.165, 1.54) is 6.07 Å². The predicted molar refractivity (Wildman–Crippen MR) is 250 cm³/mol. The molecule has 3 aliphatic heterocycles. The molecule has 3 fully saturated rings. The van der Waals surface area contributed by atoms with Crippen molar-refractivity contribution in [2.24, 2.45) is 23.8 Å². The van der Waals surface area contributed by atoms with Gasteiger partial charge in [-0.2, -0.15) is 15.5 Å². The van der Waals surface area contributed by atoms with E-state index in [9.17, 15) is 14.9 Å². The highest BCUT2D eigenvalue weighted by Crippen LogP contribution is 2.55. The summed E-state index contributed by atoms with van der Waals surface area (Å²) < 4.78 is 25.8. The second-order valence-corrected chi connectivity index (χ2v) is 20.1. The number of carbonyl (C=O) groups excluding carboxylic acids is 2. The summed E-state index contributed by atoms with van der Waals surface area (Å²) in [5, 5.41) is 25.4. The van der Waals surface area contributed by atoms with Crippen LogP contribution < -0.4 is 20.3 Å². The van der Waals surface area contributed by atoms with Crippen molar-refractivity contribution in [2.75, 3.05) is 49.5 Å². The number of hydrogen-bond donors (Lipinski definition) is 2. The molecule has 0 radical (unpaired) electrons. The Morgan fingerprint density at radius 3 is 2.32 bits per heavy atom. The summed E-state index contributed by atoms with van der Waals surface area (Å²) >= 11 is 6.27. The molecular weight excluding hydrogens is 859 g/mol. The summed E-state index contributed by atoms with van der Waals surface area (Å²) in [5.74, 6) is 1.80. The van der Waals surface area contributed by atoms with E-state index in [-0.39, 0.29) is 46.6 Å². The number of hydrogen-bond acceptors (Lipinski definition) is 11. The first-order valence-corrected chi connectivity index (χ1v) is 23.3. The molecule has 2 saturated heterocycles. The van der Waals surface area contributed by atoms with E-state index in [0.717, 1.165) is 80.8 Å². The summed E-state index contributed by atoms with van der Waals surface area (Å²) in [6, 6.07) is 12.3. The fourth-order valence-corrected chi connectivity index (χ4v) is 11.3. The minimum Gasteiger partial charge on any atom is -0.489 e. The number of anilines is 3. The van der Waals surface area contributed by atoms with Crippen molar-refractivity contribution >= 4 is 40.9 Å². The number of likely N-dealkylation sites (tertiary alicyclic amines) is 1. The van der Waals surface area contributed by atoms with E-state index in [1.54, 1.807) is 54.5 Å². The number of aryl methyl sites for hydroxylation is 1. The van der Waals surface area contributed by atoms with Gasteiger partial charge in [0.1, 0.15) is 23.7 Å². The van der Waals surface area contributed by atoms with Gasteiger partial charge in [-0.3, -0.25) is 19.0 Å². The van der Waals surface area contributed by atoms with Crippen molar-refractivity contribution in [3.63, 3.8) is 0 Å². The summed E-state index contributed by atoms with van der Waals surface area (Å²) in [4.78, 5) is 41.9. The number of rotatable bonds is 11. The molecule has 3 aromatic heterocycles. The van der Waals surface area contributed by atoms with Gasteiger partial charge in [0.25, 0.3) is 5.91 Å². The summed E-state index contributed by atoms with van der Waals surface area (Å²) in [7, 11) is 1.83. The molecule has 6 heterocycles. The third-order valence-corrected chi connectivity index (χ3v) is 14.8.